The Hall–Kier alpha value is -2.57. The van der Waals surface area contributed by atoms with Gasteiger partial charge in [-0.1, -0.05) is 33.6 Å². The normalized spacial score (nSPS) is 12.1. The van der Waals surface area contributed by atoms with Gasteiger partial charge in [-0.2, -0.15) is 0 Å². The van der Waals surface area contributed by atoms with Crippen LogP contribution in [0.5, 0.6) is 17.2 Å². The predicted molar refractivity (Wildman–Crippen MR) is 142 cm³/mol. The highest BCUT2D eigenvalue weighted by Gasteiger charge is 2.18. The van der Waals surface area contributed by atoms with Crippen LogP contribution in [-0.4, -0.2) is 43.4 Å². The third-order valence-electron chi connectivity index (χ3n) is 5.88. The minimum absolute atomic E-state index is 0.109. The van der Waals surface area contributed by atoms with Crippen molar-refractivity contribution < 1.29 is 14.2 Å². The zero-order chi connectivity index (χ0) is 24.3. The van der Waals surface area contributed by atoms with Crippen molar-refractivity contribution in [3.8, 4) is 39.1 Å². The summed E-state index contributed by atoms with van der Waals surface area (Å²) in [6.07, 6.45) is 5.88. The minimum atomic E-state index is 0.109. The zero-order valence-corrected chi connectivity index (χ0v) is 22.0. The van der Waals surface area contributed by atoms with Gasteiger partial charge in [-0.05, 0) is 55.7 Å². The molecular formula is C28H38N2O3S. The molecule has 1 heterocycles. The standard InChI is InChI=1S/C28H38N2O3S/c1-6-9-15-30(16-10-7-2)27(8-3)33-23-13-11-21(12-14-23)26-20-34-28(29-26)22-17-24(31-4)19-25(18-22)32-5/h11-14,17-20,27H,6-10,15-16H2,1-5H3. The van der Waals surface area contributed by atoms with Crippen molar-refractivity contribution in [3.63, 3.8) is 0 Å². The van der Waals surface area contributed by atoms with Crippen LogP contribution in [0.2, 0.25) is 0 Å². The molecule has 184 valence electrons. The number of rotatable bonds is 14. The predicted octanol–water partition coefficient (Wildman–Crippen LogP) is 7.51. The first-order chi connectivity index (χ1) is 16.6. The average molecular weight is 483 g/mol. The zero-order valence-electron chi connectivity index (χ0n) is 21.2. The molecule has 5 nitrogen and oxygen atoms in total. The Balaban J connectivity index is 1.72. The Morgan fingerprint density at radius 1 is 0.824 bits per heavy atom. The molecule has 0 aliphatic heterocycles. The van der Waals surface area contributed by atoms with Gasteiger partial charge in [-0.15, -0.1) is 11.3 Å². The van der Waals surface area contributed by atoms with Gasteiger partial charge in [0.25, 0.3) is 0 Å². The fourth-order valence-electron chi connectivity index (χ4n) is 3.87. The molecule has 0 radical (unpaired) electrons. The van der Waals surface area contributed by atoms with E-state index >= 15 is 0 Å². The summed E-state index contributed by atoms with van der Waals surface area (Å²) in [6, 6.07) is 14.1. The van der Waals surface area contributed by atoms with Crippen molar-refractivity contribution in [1.82, 2.24) is 9.88 Å². The molecule has 0 aliphatic carbocycles. The Kier molecular flexibility index (Phi) is 10.2. The van der Waals surface area contributed by atoms with E-state index in [1.807, 2.05) is 18.2 Å². The van der Waals surface area contributed by atoms with Gasteiger partial charge in [0.1, 0.15) is 22.3 Å². The molecule has 0 aliphatic rings. The van der Waals surface area contributed by atoms with E-state index < -0.39 is 0 Å². The molecule has 3 aromatic rings. The quantitative estimate of drug-likeness (QED) is 0.222. The highest BCUT2D eigenvalue weighted by molar-refractivity contribution is 7.13. The summed E-state index contributed by atoms with van der Waals surface area (Å²) in [5, 5.41) is 3.02. The number of methoxy groups -OCH3 is 2. The molecule has 0 saturated heterocycles. The Labute approximate surface area is 208 Å². The number of benzene rings is 2. The summed E-state index contributed by atoms with van der Waals surface area (Å²) in [7, 11) is 3.32. The third kappa shape index (κ3) is 6.97. The highest BCUT2D eigenvalue weighted by atomic mass is 32.1. The number of hydrogen-bond acceptors (Lipinski definition) is 6. The topological polar surface area (TPSA) is 43.8 Å². The van der Waals surface area contributed by atoms with Crippen molar-refractivity contribution >= 4 is 11.3 Å². The van der Waals surface area contributed by atoms with Crippen molar-refractivity contribution in [2.75, 3.05) is 27.3 Å². The van der Waals surface area contributed by atoms with E-state index in [4.69, 9.17) is 19.2 Å². The van der Waals surface area contributed by atoms with Gasteiger partial charge in [0.05, 0.1) is 19.9 Å². The molecule has 0 spiro atoms. The number of thiazole rings is 1. The summed E-state index contributed by atoms with van der Waals surface area (Å²) in [4.78, 5) is 7.36. The fourth-order valence-corrected chi connectivity index (χ4v) is 4.69. The molecule has 34 heavy (non-hydrogen) atoms. The van der Waals surface area contributed by atoms with E-state index in [1.54, 1.807) is 25.6 Å². The first kappa shape index (κ1) is 26.0. The molecule has 1 unspecified atom stereocenters. The van der Waals surface area contributed by atoms with Gasteiger partial charge >= 0.3 is 0 Å². The monoisotopic (exact) mass is 482 g/mol. The largest absolute Gasteiger partial charge is 0.497 e. The first-order valence-corrected chi connectivity index (χ1v) is 13.2. The Bertz CT molecular complexity index is 973. The maximum Gasteiger partial charge on any atom is 0.152 e. The van der Waals surface area contributed by atoms with Crippen LogP contribution in [0, 0.1) is 0 Å². The molecule has 0 saturated carbocycles. The van der Waals surface area contributed by atoms with Crippen LogP contribution in [0.1, 0.15) is 52.9 Å². The molecule has 0 bridgehead atoms. The van der Waals surface area contributed by atoms with Gasteiger partial charge in [-0.3, -0.25) is 4.90 Å². The fraction of sp³-hybridized carbons (Fsp3) is 0.464. The van der Waals surface area contributed by atoms with Gasteiger partial charge < -0.3 is 14.2 Å². The van der Waals surface area contributed by atoms with E-state index in [0.717, 1.165) is 58.6 Å². The highest BCUT2D eigenvalue weighted by Crippen LogP contribution is 2.34. The number of ether oxygens (including phenoxy) is 3. The molecule has 2 aromatic carbocycles. The lowest BCUT2D eigenvalue weighted by Gasteiger charge is -2.31. The Morgan fingerprint density at radius 3 is 1.97 bits per heavy atom. The van der Waals surface area contributed by atoms with Crippen molar-refractivity contribution in [2.45, 2.75) is 59.1 Å². The van der Waals surface area contributed by atoms with E-state index in [0.29, 0.717) is 0 Å². The molecule has 0 fully saturated rings. The maximum atomic E-state index is 6.42. The van der Waals surface area contributed by atoms with Crippen LogP contribution in [0.25, 0.3) is 21.8 Å². The van der Waals surface area contributed by atoms with Crippen LogP contribution in [-0.2, 0) is 0 Å². The molecular weight excluding hydrogens is 444 g/mol. The van der Waals surface area contributed by atoms with E-state index in [-0.39, 0.29) is 6.23 Å². The van der Waals surface area contributed by atoms with Gasteiger partial charge in [-0.25, -0.2) is 4.98 Å². The molecule has 3 rings (SSSR count). The van der Waals surface area contributed by atoms with Crippen LogP contribution >= 0.6 is 11.3 Å². The molecule has 1 atom stereocenters. The third-order valence-corrected chi connectivity index (χ3v) is 6.77. The number of unbranched alkanes of at least 4 members (excludes halogenated alkanes) is 2. The van der Waals surface area contributed by atoms with Gasteiger partial charge in [0.2, 0.25) is 0 Å². The SMILES string of the molecule is CCCCN(CCCC)C(CC)Oc1ccc(-c2csc(-c3cc(OC)cc(OC)c3)n2)cc1. The van der Waals surface area contributed by atoms with Crippen LogP contribution in [0.4, 0.5) is 0 Å². The first-order valence-electron chi connectivity index (χ1n) is 12.3. The van der Waals surface area contributed by atoms with Gasteiger partial charge in [0.15, 0.2) is 6.23 Å². The average Bonchev–Trinajstić information content (AvgIpc) is 3.38. The molecule has 0 N–H and O–H groups in total. The second kappa shape index (κ2) is 13.4. The summed E-state index contributed by atoms with van der Waals surface area (Å²) >= 11 is 1.61. The van der Waals surface area contributed by atoms with Crippen molar-refractivity contribution in [3.05, 3.63) is 47.8 Å². The summed E-state index contributed by atoms with van der Waals surface area (Å²) in [5.41, 5.74) is 3.01. The van der Waals surface area contributed by atoms with Gasteiger partial charge in [0, 0.05) is 35.7 Å². The number of nitrogens with zero attached hydrogens (tertiary/aromatic N) is 2. The second-order valence-electron chi connectivity index (χ2n) is 8.39. The molecule has 0 amide bonds. The van der Waals surface area contributed by atoms with Crippen LogP contribution < -0.4 is 14.2 Å². The van der Waals surface area contributed by atoms with Crippen LogP contribution in [0.15, 0.2) is 47.8 Å². The summed E-state index contributed by atoms with van der Waals surface area (Å²) in [5.74, 6) is 2.41. The molecule has 1 aromatic heterocycles. The summed E-state index contributed by atoms with van der Waals surface area (Å²) < 4.78 is 17.2. The smallest absolute Gasteiger partial charge is 0.152 e. The summed E-state index contributed by atoms with van der Waals surface area (Å²) in [6.45, 7) is 8.86. The second-order valence-corrected chi connectivity index (χ2v) is 9.25. The van der Waals surface area contributed by atoms with Crippen LogP contribution in [0.3, 0.4) is 0 Å². The van der Waals surface area contributed by atoms with E-state index in [1.165, 1.54) is 25.7 Å². The Morgan fingerprint density at radius 2 is 1.44 bits per heavy atom. The van der Waals surface area contributed by atoms with E-state index in [9.17, 15) is 0 Å². The lowest BCUT2D eigenvalue weighted by Crippen LogP contribution is -2.40. The van der Waals surface area contributed by atoms with Crippen molar-refractivity contribution in [1.29, 1.82) is 0 Å². The van der Waals surface area contributed by atoms with Crippen molar-refractivity contribution in [2.24, 2.45) is 0 Å². The number of aromatic nitrogens is 1. The van der Waals surface area contributed by atoms with E-state index in [2.05, 4.69) is 55.3 Å². The maximum absolute atomic E-state index is 6.42. The minimum Gasteiger partial charge on any atom is -0.497 e. The lowest BCUT2D eigenvalue weighted by molar-refractivity contribution is 0.0202. The lowest BCUT2D eigenvalue weighted by atomic mass is 10.1. The molecule has 6 heteroatoms. The number of hydrogen-bond donors (Lipinski definition) is 0.